The molecule has 1 N–H and O–H groups in total. The van der Waals surface area contributed by atoms with E-state index in [1.807, 2.05) is 0 Å². The number of aryl methyl sites for hydroxylation is 1. The predicted molar refractivity (Wildman–Crippen MR) is 80.0 cm³/mol. The molecular weight excluding hydrogens is 220 g/mol. The summed E-state index contributed by atoms with van der Waals surface area (Å²) in [5, 5.41) is 3.60. The lowest BCUT2D eigenvalue weighted by Crippen LogP contribution is -2.29. The summed E-state index contributed by atoms with van der Waals surface area (Å²) in [6.45, 7) is 13.3. The van der Waals surface area contributed by atoms with E-state index in [4.69, 9.17) is 0 Å². The maximum atomic E-state index is 3.60. The normalized spacial score (nSPS) is 12.9. The number of nitrogens with one attached hydrogen (secondary N) is 1. The van der Waals surface area contributed by atoms with Crippen LogP contribution in [0.1, 0.15) is 44.4 Å². The van der Waals surface area contributed by atoms with E-state index in [9.17, 15) is 0 Å². The molecule has 2 nitrogen and oxygen atoms in total. The standard InChI is InChI=1S/C16H28N2/c1-5-17-16(11-12-18(6-2)7-3)15-10-8-9-14(4)13-15/h8-10,13,16-17H,5-7,11-12H2,1-4H3. The van der Waals surface area contributed by atoms with E-state index in [0.717, 1.165) is 19.6 Å². The van der Waals surface area contributed by atoms with Crippen LogP contribution in [0, 0.1) is 6.92 Å². The van der Waals surface area contributed by atoms with Gasteiger partial charge in [-0.25, -0.2) is 0 Å². The number of benzene rings is 1. The fourth-order valence-electron chi connectivity index (χ4n) is 2.37. The molecule has 1 rings (SSSR count). The average molecular weight is 248 g/mol. The smallest absolute Gasteiger partial charge is 0.0332 e. The molecule has 0 radical (unpaired) electrons. The summed E-state index contributed by atoms with van der Waals surface area (Å²) < 4.78 is 0. The quantitative estimate of drug-likeness (QED) is 0.759. The van der Waals surface area contributed by atoms with Crippen molar-refractivity contribution in [3.05, 3.63) is 35.4 Å². The van der Waals surface area contributed by atoms with Gasteiger partial charge in [0.25, 0.3) is 0 Å². The van der Waals surface area contributed by atoms with Crippen LogP contribution in [0.2, 0.25) is 0 Å². The summed E-state index contributed by atoms with van der Waals surface area (Å²) in [6.07, 6.45) is 1.18. The zero-order chi connectivity index (χ0) is 13.4. The minimum atomic E-state index is 0.482. The fourth-order valence-corrected chi connectivity index (χ4v) is 2.37. The van der Waals surface area contributed by atoms with Crippen molar-refractivity contribution in [2.75, 3.05) is 26.2 Å². The number of hydrogen-bond acceptors (Lipinski definition) is 2. The van der Waals surface area contributed by atoms with E-state index >= 15 is 0 Å². The van der Waals surface area contributed by atoms with Gasteiger partial charge in [0.15, 0.2) is 0 Å². The Labute approximate surface area is 112 Å². The van der Waals surface area contributed by atoms with Crippen molar-refractivity contribution in [2.45, 2.75) is 40.2 Å². The van der Waals surface area contributed by atoms with Gasteiger partial charge in [-0.15, -0.1) is 0 Å². The van der Waals surface area contributed by atoms with Gasteiger partial charge in [0.1, 0.15) is 0 Å². The second-order valence-electron chi connectivity index (χ2n) is 4.84. The monoisotopic (exact) mass is 248 g/mol. The first-order valence-corrected chi connectivity index (χ1v) is 7.23. The molecule has 102 valence electrons. The Hall–Kier alpha value is -0.860. The van der Waals surface area contributed by atoms with Crippen LogP contribution >= 0.6 is 0 Å². The molecule has 18 heavy (non-hydrogen) atoms. The van der Waals surface area contributed by atoms with Crippen LogP contribution in [0.25, 0.3) is 0 Å². The Morgan fingerprint density at radius 2 is 1.89 bits per heavy atom. The first-order valence-electron chi connectivity index (χ1n) is 7.23. The van der Waals surface area contributed by atoms with Crippen LogP contribution < -0.4 is 5.32 Å². The highest BCUT2D eigenvalue weighted by atomic mass is 15.1. The molecule has 0 saturated heterocycles. The van der Waals surface area contributed by atoms with Crippen molar-refractivity contribution in [3.8, 4) is 0 Å². The van der Waals surface area contributed by atoms with Gasteiger partial charge < -0.3 is 10.2 Å². The largest absolute Gasteiger partial charge is 0.310 e. The molecule has 0 aliphatic rings. The third-order valence-corrected chi connectivity index (χ3v) is 3.52. The van der Waals surface area contributed by atoms with Crippen LogP contribution in [0.4, 0.5) is 0 Å². The molecule has 2 heteroatoms. The van der Waals surface area contributed by atoms with Crippen LogP contribution in [0.5, 0.6) is 0 Å². The van der Waals surface area contributed by atoms with E-state index in [1.54, 1.807) is 0 Å². The highest BCUT2D eigenvalue weighted by Crippen LogP contribution is 2.18. The lowest BCUT2D eigenvalue weighted by molar-refractivity contribution is 0.282. The Morgan fingerprint density at radius 3 is 2.44 bits per heavy atom. The Balaban J connectivity index is 2.64. The van der Waals surface area contributed by atoms with Crippen molar-refractivity contribution < 1.29 is 0 Å². The Kier molecular flexibility index (Phi) is 6.99. The van der Waals surface area contributed by atoms with Crippen LogP contribution in [0.3, 0.4) is 0 Å². The van der Waals surface area contributed by atoms with Gasteiger partial charge >= 0.3 is 0 Å². The zero-order valence-electron chi connectivity index (χ0n) is 12.4. The van der Waals surface area contributed by atoms with E-state index in [0.29, 0.717) is 6.04 Å². The molecule has 0 fully saturated rings. The van der Waals surface area contributed by atoms with Crippen molar-refractivity contribution in [3.63, 3.8) is 0 Å². The van der Waals surface area contributed by atoms with Gasteiger partial charge in [-0.1, -0.05) is 50.6 Å². The molecule has 0 saturated carbocycles. The average Bonchev–Trinajstić information content (AvgIpc) is 2.38. The lowest BCUT2D eigenvalue weighted by Gasteiger charge is -2.24. The van der Waals surface area contributed by atoms with Crippen molar-refractivity contribution in [1.82, 2.24) is 10.2 Å². The van der Waals surface area contributed by atoms with Gasteiger partial charge in [0.05, 0.1) is 0 Å². The predicted octanol–water partition coefficient (Wildman–Crippen LogP) is 3.38. The SMILES string of the molecule is CCNC(CCN(CC)CC)c1cccc(C)c1. The molecule has 0 heterocycles. The summed E-state index contributed by atoms with van der Waals surface area (Å²) in [5.74, 6) is 0. The summed E-state index contributed by atoms with van der Waals surface area (Å²) in [7, 11) is 0. The first kappa shape index (κ1) is 15.2. The highest BCUT2D eigenvalue weighted by Gasteiger charge is 2.11. The van der Waals surface area contributed by atoms with Crippen molar-refractivity contribution >= 4 is 0 Å². The van der Waals surface area contributed by atoms with E-state index < -0.39 is 0 Å². The number of rotatable bonds is 8. The van der Waals surface area contributed by atoms with E-state index in [-0.39, 0.29) is 0 Å². The summed E-state index contributed by atoms with van der Waals surface area (Å²) >= 11 is 0. The third-order valence-electron chi connectivity index (χ3n) is 3.52. The third kappa shape index (κ3) is 4.79. The highest BCUT2D eigenvalue weighted by molar-refractivity contribution is 5.25. The van der Waals surface area contributed by atoms with Gasteiger partial charge in [-0.05, 0) is 45.1 Å². The molecule has 0 amide bonds. The van der Waals surface area contributed by atoms with E-state index in [1.165, 1.54) is 24.1 Å². The molecule has 0 aromatic heterocycles. The number of nitrogens with zero attached hydrogens (tertiary/aromatic N) is 1. The summed E-state index contributed by atoms with van der Waals surface area (Å²) in [5.41, 5.74) is 2.77. The summed E-state index contributed by atoms with van der Waals surface area (Å²) in [4.78, 5) is 2.49. The molecule has 0 spiro atoms. The molecular formula is C16H28N2. The molecule has 1 unspecified atom stereocenters. The minimum absolute atomic E-state index is 0.482. The summed E-state index contributed by atoms with van der Waals surface area (Å²) in [6, 6.07) is 9.34. The minimum Gasteiger partial charge on any atom is -0.310 e. The van der Waals surface area contributed by atoms with Gasteiger partial charge in [-0.2, -0.15) is 0 Å². The van der Waals surface area contributed by atoms with Crippen LogP contribution in [-0.4, -0.2) is 31.1 Å². The molecule has 1 aromatic rings. The number of hydrogen-bond donors (Lipinski definition) is 1. The molecule has 0 aliphatic carbocycles. The second kappa shape index (κ2) is 8.28. The topological polar surface area (TPSA) is 15.3 Å². The maximum absolute atomic E-state index is 3.60. The molecule has 0 bridgehead atoms. The van der Waals surface area contributed by atoms with Gasteiger partial charge in [0.2, 0.25) is 0 Å². The van der Waals surface area contributed by atoms with E-state index in [2.05, 4.69) is 62.2 Å². The Morgan fingerprint density at radius 1 is 1.17 bits per heavy atom. The first-order chi connectivity index (χ1) is 8.71. The second-order valence-corrected chi connectivity index (χ2v) is 4.84. The Bertz CT molecular complexity index is 332. The molecule has 0 aliphatic heterocycles. The van der Waals surface area contributed by atoms with Crippen LogP contribution in [-0.2, 0) is 0 Å². The van der Waals surface area contributed by atoms with Gasteiger partial charge in [-0.3, -0.25) is 0 Å². The van der Waals surface area contributed by atoms with Crippen LogP contribution in [0.15, 0.2) is 24.3 Å². The van der Waals surface area contributed by atoms with Crippen molar-refractivity contribution in [1.29, 1.82) is 0 Å². The van der Waals surface area contributed by atoms with Crippen molar-refractivity contribution in [2.24, 2.45) is 0 Å². The zero-order valence-corrected chi connectivity index (χ0v) is 12.4. The maximum Gasteiger partial charge on any atom is 0.0332 e. The fraction of sp³-hybridized carbons (Fsp3) is 0.625. The molecule has 1 atom stereocenters. The molecule has 1 aromatic carbocycles. The lowest BCUT2D eigenvalue weighted by atomic mass is 10.0. The van der Waals surface area contributed by atoms with Gasteiger partial charge in [0, 0.05) is 6.04 Å².